The molecule has 3 unspecified atom stereocenters. The molecule has 2 heterocycles. The van der Waals surface area contributed by atoms with Crippen molar-refractivity contribution in [3.63, 3.8) is 0 Å². The molecule has 3 nitrogen and oxygen atoms in total. The highest BCUT2D eigenvalue weighted by molar-refractivity contribution is 6.03. The fourth-order valence-electron chi connectivity index (χ4n) is 6.34. The zero-order chi connectivity index (χ0) is 23.4. The van der Waals surface area contributed by atoms with Crippen molar-refractivity contribution >= 4 is 16.3 Å². The minimum atomic E-state index is -0.199. The minimum absolute atomic E-state index is 0.0569. The number of rotatable bonds is 5. The highest BCUT2D eigenvalue weighted by atomic mass is 16.6. The van der Waals surface area contributed by atoms with Gasteiger partial charge in [-0.05, 0) is 58.8 Å². The highest BCUT2D eigenvalue weighted by Gasteiger charge is 2.47. The quantitative estimate of drug-likeness (QED) is 0.445. The summed E-state index contributed by atoms with van der Waals surface area (Å²) >= 11 is 0. The van der Waals surface area contributed by atoms with Crippen molar-refractivity contribution in [1.82, 2.24) is 4.98 Å². The van der Waals surface area contributed by atoms with E-state index in [1.165, 1.54) is 27.5 Å². The average Bonchev–Trinajstić information content (AvgIpc) is 2.83. The van der Waals surface area contributed by atoms with Gasteiger partial charge < -0.3 is 9.47 Å². The van der Waals surface area contributed by atoms with Crippen LogP contribution in [0.15, 0.2) is 48.2 Å². The molecule has 3 atom stereocenters. The Kier molecular flexibility index (Phi) is 5.42. The highest BCUT2D eigenvalue weighted by Crippen LogP contribution is 2.59. The van der Waals surface area contributed by atoms with Crippen molar-refractivity contribution in [2.24, 2.45) is 17.3 Å². The molecule has 174 valence electrons. The minimum Gasteiger partial charge on any atom is -0.486 e. The topological polar surface area (TPSA) is 31.4 Å². The van der Waals surface area contributed by atoms with Gasteiger partial charge in [0.15, 0.2) is 11.5 Å². The third kappa shape index (κ3) is 3.19. The fraction of sp³-hybridized carbons (Fsp3) is 0.500. The van der Waals surface area contributed by atoms with Gasteiger partial charge in [-0.1, -0.05) is 72.3 Å². The molecule has 1 aromatic carbocycles. The predicted octanol–water partition coefficient (Wildman–Crippen LogP) is 7.65. The van der Waals surface area contributed by atoms with Crippen LogP contribution in [-0.4, -0.2) is 18.2 Å². The Morgan fingerprint density at radius 2 is 2.03 bits per heavy atom. The Bertz CT molecular complexity index is 1190. The zero-order valence-electron chi connectivity index (χ0n) is 21.0. The van der Waals surface area contributed by atoms with E-state index < -0.39 is 0 Å². The molecule has 2 aliphatic carbocycles. The first kappa shape index (κ1) is 22.3. The average molecular weight is 444 g/mol. The Morgan fingerprint density at radius 3 is 2.79 bits per heavy atom. The number of hydrogen-bond acceptors (Lipinski definition) is 3. The Balaban J connectivity index is 1.82. The Morgan fingerprint density at radius 1 is 1.24 bits per heavy atom. The standard InChI is InChI=1S/C30H37NO2/c1-7-9-14-30(6,19(3)8-2)22-12-10-11-21-25(22)27-24-20(13-15-31-27)18-23-28(33-17-16-32-23)26(24)29(21,4)5/h9-11,13-15,18-19,22H,7-8,12,16-17H2,1-6H3. The lowest BCUT2D eigenvalue weighted by Gasteiger charge is -2.47. The van der Waals surface area contributed by atoms with Crippen LogP contribution in [0.3, 0.4) is 0 Å². The largest absolute Gasteiger partial charge is 0.486 e. The normalized spacial score (nSPS) is 23.5. The summed E-state index contributed by atoms with van der Waals surface area (Å²) in [7, 11) is 0. The number of aromatic nitrogens is 1. The lowest BCUT2D eigenvalue weighted by Crippen LogP contribution is -2.38. The Hall–Kier alpha value is -2.55. The molecule has 0 fully saturated rings. The van der Waals surface area contributed by atoms with E-state index in [2.05, 4.69) is 78.0 Å². The number of allylic oxidation sites excluding steroid dienone is 6. The molecule has 0 radical (unpaired) electrons. The smallest absolute Gasteiger partial charge is 0.166 e. The molecule has 5 rings (SSSR count). The zero-order valence-corrected chi connectivity index (χ0v) is 21.0. The molecule has 0 N–H and O–H groups in total. The van der Waals surface area contributed by atoms with Crippen molar-refractivity contribution in [3.05, 3.63) is 59.5 Å². The molecular formula is C30H37NO2. The second-order valence-corrected chi connectivity index (χ2v) is 10.7. The molecule has 0 saturated carbocycles. The molecule has 2 aromatic rings. The van der Waals surface area contributed by atoms with Crippen LogP contribution in [0.25, 0.3) is 16.3 Å². The van der Waals surface area contributed by atoms with E-state index in [4.69, 9.17) is 14.5 Å². The van der Waals surface area contributed by atoms with Crippen LogP contribution in [-0.2, 0) is 5.41 Å². The summed E-state index contributed by atoms with van der Waals surface area (Å²) in [6.07, 6.45) is 14.8. The first-order chi connectivity index (χ1) is 15.8. The van der Waals surface area contributed by atoms with Crippen LogP contribution in [0.1, 0.15) is 72.1 Å². The third-order valence-electron chi connectivity index (χ3n) is 8.54. The molecule has 1 aromatic heterocycles. The van der Waals surface area contributed by atoms with Crippen LogP contribution in [0.4, 0.5) is 0 Å². The fourth-order valence-corrected chi connectivity index (χ4v) is 6.34. The summed E-state index contributed by atoms with van der Waals surface area (Å²) < 4.78 is 12.3. The van der Waals surface area contributed by atoms with Gasteiger partial charge in [-0.3, -0.25) is 4.98 Å². The van der Waals surface area contributed by atoms with Crippen molar-refractivity contribution in [2.75, 3.05) is 13.2 Å². The van der Waals surface area contributed by atoms with Gasteiger partial charge >= 0.3 is 0 Å². The summed E-state index contributed by atoms with van der Waals surface area (Å²) in [5, 5.41) is 2.44. The molecule has 0 bridgehead atoms. The number of benzene rings is 1. The van der Waals surface area contributed by atoms with Gasteiger partial charge in [0, 0.05) is 22.6 Å². The van der Waals surface area contributed by atoms with E-state index in [9.17, 15) is 0 Å². The van der Waals surface area contributed by atoms with E-state index in [0.717, 1.165) is 36.5 Å². The first-order valence-electron chi connectivity index (χ1n) is 12.7. The van der Waals surface area contributed by atoms with Gasteiger partial charge in [0.1, 0.15) is 13.2 Å². The van der Waals surface area contributed by atoms with E-state index in [1.807, 2.05) is 6.20 Å². The van der Waals surface area contributed by atoms with Crippen molar-refractivity contribution < 1.29 is 9.47 Å². The first-order valence-corrected chi connectivity index (χ1v) is 12.7. The van der Waals surface area contributed by atoms with E-state index in [-0.39, 0.29) is 10.8 Å². The maximum absolute atomic E-state index is 6.25. The Labute approximate surface area is 198 Å². The van der Waals surface area contributed by atoms with Crippen LogP contribution in [0, 0.1) is 17.3 Å². The molecule has 0 spiro atoms. The molecule has 33 heavy (non-hydrogen) atoms. The summed E-state index contributed by atoms with van der Waals surface area (Å²) in [5.41, 5.74) is 5.05. The lowest BCUT2D eigenvalue weighted by atomic mass is 9.57. The van der Waals surface area contributed by atoms with Gasteiger partial charge in [-0.25, -0.2) is 0 Å². The maximum Gasteiger partial charge on any atom is 0.166 e. The van der Waals surface area contributed by atoms with Gasteiger partial charge in [-0.15, -0.1) is 0 Å². The van der Waals surface area contributed by atoms with Crippen LogP contribution < -0.4 is 9.47 Å². The third-order valence-corrected chi connectivity index (χ3v) is 8.54. The predicted molar refractivity (Wildman–Crippen MR) is 137 cm³/mol. The molecule has 3 aliphatic rings. The maximum atomic E-state index is 6.25. The van der Waals surface area contributed by atoms with Gasteiger partial charge in [0.05, 0.1) is 5.69 Å². The summed E-state index contributed by atoms with van der Waals surface area (Å²) in [5.74, 6) is 2.72. The second-order valence-electron chi connectivity index (χ2n) is 10.7. The van der Waals surface area contributed by atoms with Crippen LogP contribution in [0.2, 0.25) is 0 Å². The number of fused-ring (bicyclic) bond motifs is 3. The number of nitrogens with zero attached hydrogens (tertiary/aromatic N) is 1. The summed E-state index contributed by atoms with van der Waals surface area (Å²) in [6, 6.07) is 4.28. The number of pyridine rings is 1. The molecule has 0 saturated heterocycles. The SMILES string of the molecule is CCC=CC(C)(C(C)CC)C1CC=CC2=C1c1nccc3cc4c(c(c13)C2(C)C)OCCO4. The van der Waals surface area contributed by atoms with Crippen LogP contribution >= 0.6 is 0 Å². The molecule has 3 heteroatoms. The number of ether oxygens (including phenoxy) is 2. The summed E-state index contributed by atoms with van der Waals surface area (Å²) in [4.78, 5) is 5.05. The van der Waals surface area contributed by atoms with Gasteiger partial charge in [-0.2, -0.15) is 0 Å². The molecular weight excluding hydrogens is 406 g/mol. The monoisotopic (exact) mass is 443 g/mol. The summed E-state index contributed by atoms with van der Waals surface area (Å²) in [6.45, 7) is 15.3. The van der Waals surface area contributed by atoms with E-state index in [0.29, 0.717) is 25.0 Å². The van der Waals surface area contributed by atoms with Crippen molar-refractivity contribution in [2.45, 2.75) is 66.2 Å². The second kappa shape index (κ2) is 8.04. The van der Waals surface area contributed by atoms with Crippen molar-refractivity contribution in [3.8, 4) is 11.5 Å². The van der Waals surface area contributed by atoms with E-state index in [1.54, 1.807) is 0 Å². The lowest BCUT2D eigenvalue weighted by molar-refractivity contribution is 0.168. The van der Waals surface area contributed by atoms with Crippen LogP contribution in [0.5, 0.6) is 11.5 Å². The number of hydrogen-bond donors (Lipinski definition) is 0. The van der Waals surface area contributed by atoms with Gasteiger partial charge in [0.2, 0.25) is 0 Å². The van der Waals surface area contributed by atoms with E-state index >= 15 is 0 Å². The van der Waals surface area contributed by atoms with Crippen molar-refractivity contribution in [1.29, 1.82) is 0 Å². The molecule has 1 aliphatic heterocycles. The molecule has 0 amide bonds. The van der Waals surface area contributed by atoms with Gasteiger partial charge in [0.25, 0.3) is 0 Å².